The third-order valence-electron chi connectivity index (χ3n) is 3.85. The molecule has 0 saturated carbocycles. The van der Waals surface area contributed by atoms with Gasteiger partial charge in [0.15, 0.2) is 0 Å². The van der Waals surface area contributed by atoms with Gasteiger partial charge >= 0.3 is 0 Å². The Bertz CT molecular complexity index is 719. The number of benzene rings is 2. The summed E-state index contributed by atoms with van der Waals surface area (Å²) >= 11 is 0. The van der Waals surface area contributed by atoms with E-state index in [9.17, 15) is 9.59 Å². The van der Waals surface area contributed by atoms with E-state index in [1.165, 1.54) is 0 Å². The van der Waals surface area contributed by atoms with Gasteiger partial charge in [-0.05, 0) is 30.7 Å². The van der Waals surface area contributed by atoms with Crippen LogP contribution < -0.4 is 16.0 Å². The SMILES string of the molecule is COCCNC(=O)c1cccc(NCC(=O)NC(C)c2ccccc2)c1. The Morgan fingerprint density at radius 3 is 2.58 bits per heavy atom. The summed E-state index contributed by atoms with van der Waals surface area (Å²) in [7, 11) is 1.58. The van der Waals surface area contributed by atoms with Gasteiger partial charge in [0.2, 0.25) is 5.91 Å². The lowest BCUT2D eigenvalue weighted by Gasteiger charge is -2.15. The van der Waals surface area contributed by atoms with E-state index in [0.29, 0.717) is 24.4 Å². The summed E-state index contributed by atoms with van der Waals surface area (Å²) in [6.07, 6.45) is 0. The molecule has 2 amide bonds. The van der Waals surface area contributed by atoms with Crippen LogP contribution in [0.25, 0.3) is 0 Å². The molecule has 3 N–H and O–H groups in total. The third-order valence-corrected chi connectivity index (χ3v) is 3.85. The largest absolute Gasteiger partial charge is 0.383 e. The van der Waals surface area contributed by atoms with E-state index in [2.05, 4.69) is 16.0 Å². The van der Waals surface area contributed by atoms with Crippen LogP contribution in [0, 0.1) is 0 Å². The summed E-state index contributed by atoms with van der Waals surface area (Å²) < 4.78 is 4.91. The first-order chi connectivity index (χ1) is 12.6. The van der Waals surface area contributed by atoms with Crippen LogP contribution in [0.2, 0.25) is 0 Å². The first kappa shape index (κ1) is 19.5. The lowest BCUT2D eigenvalue weighted by molar-refractivity contribution is -0.120. The molecule has 6 nitrogen and oxygen atoms in total. The lowest BCUT2D eigenvalue weighted by Crippen LogP contribution is -2.32. The molecular weight excluding hydrogens is 330 g/mol. The molecule has 0 aliphatic heterocycles. The summed E-state index contributed by atoms with van der Waals surface area (Å²) in [4.78, 5) is 24.2. The smallest absolute Gasteiger partial charge is 0.251 e. The van der Waals surface area contributed by atoms with Gasteiger partial charge in [-0.2, -0.15) is 0 Å². The maximum absolute atomic E-state index is 12.1. The lowest BCUT2D eigenvalue weighted by atomic mass is 10.1. The molecule has 2 rings (SSSR count). The van der Waals surface area contributed by atoms with Gasteiger partial charge in [-0.15, -0.1) is 0 Å². The molecule has 138 valence electrons. The van der Waals surface area contributed by atoms with Crippen molar-refractivity contribution in [1.82, 2.24) is 10.6 Å². The van der Waals surface area contributed by atoms with Gasteiger partial charge in [-0.25, -0.2) is 0 Å². The Hall–Kier alpha value is -2.86. The number of hydrogen-bond donors (Lipinski definition) is 3. The van der Waals surface area contributed by atoms with Crippen LogP contribution in [0.4, 0.5) is 5.69 Å². The number of hydrogen-bond acceptors (Lipinski definition) is 4. The molecule has 0 heterocycles. The second kappa shape index (κ2) is 10.2. The number of rotatable bonds is 9. The Kier molecular flexibility index (Phi) is 7.64. The van der Waals surface area contributed by atoms with Crippen LogP contribution in [-0.2, 0) is 9.53 Å². The Morgan fingerprint density at radius 2 is 1.85 bits per heavy atom. The van der Waals surface area contributed by atoms with Crippen molar-refractivity contribution in [3.8, 4) is 0 Å². The maximum Gasteiger partial charge on any atom is 0.251 e. The maximum atomic E-state index is 12.1. The number of nitrogens with one attached hydrogen (secondary N) is 3. The molecule has 2 aromatic carbocycles. The van der Waals surface area contributed by atoms with Gasteiger partial charge in [-0.3, -0.25) is 9.59 Å². The van der Waals surface area contributed by atoms with Gasteiger partial charge in [0, 0.05) is 24.9 Å². The molecule has 1 unspecified atom stereocenters. The van der Waals surface area contributed by atoms with E-state index in [4.69, 9.17) is 4.74 Å². The van der Waals surface area contributed by atoms with E-state index in [1.54, 1.807) is 25.3 Å². The van der Waals surface area contributed by atoms with Crippen molar-refractivity contribution in [3.63, 3.8) is 0 Å². The number of carbonyl (C=O) groups excluding carboxylic acids is 2. The van der Waals surface area contributed by atoms with E-state index in [-0.39, 0.29) is 24.4 Å². The fraction of sp³-hybridized carbons (Fsp3) is 0.300. The highest BCUT2D eigenvalue weighted by Gasteiger charge is 2.10. The van der Waals surface area contributed by atoms with Crippen LogP contribution in [0.1, 0.15) is 28.9 Å². The Morgan fingerprint density at radius 1 is 1.08 bits per heavy atom. The average Bonchev–Trinajstić information content (AvgIpc) is 2.67. The summed E-state index contributed by atoms with van der Waals surface area (Å²) in [5.74, 6) is -0.288. The fourth-order valence-corrected chi connectivity index (χ4v) is 2.44. The van der Waals surface area contributed by atoms with Crippen molar-refractivity contribution < 1.29 is 14.3 Å². The zero-order chi connectivity index (χ0) is 18.8. The zero-order valence-electron chi connectivity index (χ0n) is 15.1. The van der Waals surface area contributed by atoms with Crippen LogP contribution >= 0.6 is 0 Å². The van der Waals surface area contributed by atoms with Gasteiger partial charge in [0.25, 0.3) is 5.91 Å². The van der Waals surface area contributed by atoms with Gasteiger partial charge in [0.05, 0.1) is 19.2 Å². The van der Waals surface area contributed by atoms with E-state index in [0.717, 1.165) is 5.56 Å². The van der Waals surface area contributed by atoms with Crippen molar-refractivity contribution in [3.05, 3.63) is 65.7 Å². The Labute approximate surface area is 153 Å². The van der Waals surface area contributed by atoms with E-state index in [1.807, 2.05) is 43.3 Å². The molecule has 0 spiro atoms. The highest BCUT2D eigenvalue weighted by Crippen LogP contribution is 2.12. The third kappa shape index (κ3) is 6.22. The standard InChI is InChI=1S/C20H25N3O3/c1-15(16-7-4-3-5-8-16)23-19(24)14-22-18-10-6-9-17(13-18)20(25)21-11-12-26-2/h3-10,13,15,22H,11-12,14H2,1-2H3,(H,21,25)(H,23,24). The normalized spacial score (nSPS) is 11.5. The number of ether oxygens (including phenoxy) is 1. The first-order valence-corrected chi connectivity index (χ1v) is 8.55. The molecule has 6 heteroatoms. The molecule has 0 aliphatic carbocycles. The molecule has 0 fully saturated rings. The molecular formula is C20H25N3O3. The Balaban J connectivity index is 1.84. The van der Waals surface area contributed by atoms with Crippen molar-refractivity contribution in [2.24, 2.45) is 0 Å². The van der Waals surface area contributed by atoms with Crippen molar-refractivity contribution in [2.45, 2.75) is 13.0 Å². The minimum atomic E-state index is -0.173. The molecule has 0 saturated heterocycles. The molecule has 2 aromatic rings. The van der Waals surface area contributed by atoms with E-state index >= 15 is 0 Å². The summed E-state index contributed by atoms with van der Waals surface area (Å²) in [6, 6.07) is 16.8. The highest BCUT2D eigenvalue weighted by atomic mass is 16.5. The zero-order valence-corrected chi connectivity index (χ0v) is 15.1. The van der Waals surface area contributed by atoms with Crippen molar-refractivity contribution >= 4 is 17.5 Å². The molecule has 0 aliphatic rings. The van der Waals surface area contributed by atoms with Crippen LogP contribution in [0.15, 0.2) is 54.6 Å². The predicted molar refractivity (Wildman–Crippen MR) is 102 cm³/mol. The number of anilines is 1. The second-order valence-electron chi connectivity index (χ2n) is 5.88. The van der Waals surface area contributed by atoms with Crippen LogP contribution in [-0.4, -0.2) is 38.6 Å². The minimum Gasteiger partial charge on any atom is -0.383 e. The number of carbonyl (C=O) groups is 2. The first-order valence-electron chi connectivity index (χ1n) is 8.55. The molecule has 0 bridgehead atoms. The van der Waals surface area contributed by atoms with Crippen molar-refractivity contribution in [2.75, 3.05) is 32.1 Å². The topological polar surface area (TPSA) is 79.5 Å². The van der Waals surface area contributed by atoms with Gasteiger partial charge in [0.1, 0.15) is 0 Å². The average molecular weight is 355 g/mol. The molecule has 1 atom stereocenters. The predicted octanol–water partition coefficient (Wildman–Crippen LogP) is 2.35. The molecule has 26 heavy (non-hydrogen) atoms. The summed E-state index contributed by atoms with van der Waals surface area (Å²) in [5, 5.41) is 8.76. The van der Waals surface area contributed by atoms with Gasteiger partial charge in [-0.1, -0.05) is 36.4 Å². The van der Waals surface area contributed by atoms with Crippen LogP contribution in [0.5, 0.6) is 0 Å². The summed E-state index contributed by atoms with van der Waals surface area (Å²) in [5.41, 5.74) is 2.30. The van der Waals surface area contributed by atoms with Crippen molar-refractivity contribution in [1.29, 1.82) is 0 Å². The molecule has 0 aromatic heterocycles. The fourth-order valence-electron chi connectivity index (χ4n) is 2.44. The molecule has 0 radical (unpaired) electrons. The minimum absolute atomic E-state index is 0.0663. The monoisotopic (exact) mass is 355 g/mol. The quantitative estimate of drug-likeness (QED) is 0.603. The summed E-state index contributed by atoms with van der Waals surface area (Å²) in [6.45, 7) is 2.99. The van der Waals surface area contributed by atoms with Gasteiger partial charge < -0.3 is 20.7 Å². The highest BCUT2D eigenvalue weighted by molar-refractivity contribution is 5.95. The number of methoxy groups -OCH3 is 1. The van der Waals surface area contributed by atoms with Crippen LogP contribution in [0.3, 0.4) is 0 Å². The van der Waals surface area contributed by atoms with E-state index < -0.39 is 0 Å². The second-order valence-corrected chi connectivity index (χ2v) is 5.88. The number of amides is 2.